The zero-order chi connectivity index (χ0) is 27.5. The monoisotopic (exact) mass is 533 g/mol. The summed E-state index contributed by atoms with van der Waals surface area (Å²) in [4.78, 5) is 51.9. The van der Waals surface area contributed by atoms with Crippen LogP contribution in [0.25, 0.3) is 0 Å². The van der Waals surface area contributed by atoms with Gasteiger partial charge in [-0.3, -0.25) is 24.0 Å². The Morgan fingerprint density at radius 1 is 1.00 bits per heavy atom. The van der Waals surface area contributed by atoms with E-state index in [1.807, 2.05) is 0 Å². The van der Waals surface area contributed by atoms with Gasteiger partial charge in [0.2, 0.25) is 11.7 Å². The van der Waals surface area contributed by atoms with Crippen LogP contribution in [0.1, 0.15) is 48.5 Å². The standard InChI is InChI=1S/C21H32F5N3O5S/c1-10(2)13(28-18(33)34-19(5,6)7)17(32)29(16(31)12-8-27-35-9-12)14(11(3)4)15(30)20(22,23)21(24,25)26/h10-14,27H,8-9H2,1-7H3,(H,28,33)/t12?,13-,14?/m0/s1. The lowest BCUT2D eigenvalue weighted by Crippen LogP contribution is -2.64. The Kier molecular flexibility index (Phi) is 10.1. The first kappa shape index (κ1) is 31.1. The molecule has 0 aliphatic carbocycles. The van der Waals surface area contributed by atoms with Crippen molar-refractivity contribution in [3.05, 3.63) is 0 Å². The molecular formula is C21H32F5N3O5S. The van der Waals surface area contributed by atoms with Gasteiger partial charge in [0.1, 0.15) is 17.7 Å². The predicted octanol–water partition coefficient (Wildman–Crippen LogP) is 3.55. The molecule has 0 saturated carbocycles. The molecule has 1 rings (SSSR count). The summed E-state index contributed by atoms with van der Waals surface area (Å²) in [6, 6.07) is -3.98. The molecule has 14 heteroatoms. The number of carbonyl (C=O) groups excluding carboxylic acids is 4. The predicted molar refractivity (Wildman–Crippen MR) is 118 cm³/mol. The number of imide groups is 1. The van der Waals surface area contributed by atoms with E-state index in [1.54, 1.807) is 20.8 Å². The molecule has 1 heterocycles. The van der Waals surface area contributed by atoms with E-state index in [0.717, 1.165) is 25.8 Å². The lowest BCUT2D eigenvalue weighted by Gasteiger charge is -2.38. The van der Waals surface area contributed by atoms with E-state index in [4.69, 9.17) is 4.74 Å². The van der Waals surface area contributed by atoms with Gasteiger partial charge in [0.15, 0.2) is 0 Å². The maximum absolute atomic E-state index is 14.1. The highest BCUT2D eigenvalue weighted by Crippen LogP contribution is 2.39. The van der Waals surface area contributed by atoms with Crippen molar-refractivity contribution in [3.8, 4) is 0 Å². The lowest BCUT2D eigenvalue weighted by atomic mass is 9.90. The minimum atomic E-state index is -6.23. The maximum Gasteiger partial charge on any atom is 0.461 e. The van der Waals surface area contributed by atoms with Gasteiger partial charge in [-0.05, 0) is 32.6 Å². The number of halogens is 5. The van der Waals surface area contributed by atoms with Crippen LogP contribution in [-0.2, 0) is 19.1 Å². The smallest absolute Gasteiger partial charge is 0.444 e. The van der Waals surface area contributed by atoms with Gasteiger partial charge in [-0.15, -0.1) is 0 Å². The number of rotatable bonds is 8. The molecule has 3 amide bonds. The van der Waals surface area contributed by atoms with E-state index >= 15 is 0 Å². The zero-order valence-electron chi connectivity index (χ0n) is 20.6. The largest absolute Gasteiger partial charge is 0.461 e. The molecule has 35 heavy (non-hydrogen) atoms. The van der Waals surface area contributed by atoms with Crippen LogP contribution in [-0.4, -0.2) is 70.7 Å². The molecule has 0 bridgehead atoms. The molecule has 1 aliphatic heterocycles. The highest BCUT2D eigenvalue weighted by Gasteiger charge is 2.66. The maximum atomic E-state index is 14.1. The molecule has 0 aromatic rings. The third-order valence-corrected chi connectivity index (χ3v) is 5.93. The molecule has 1 saturated heterocycles. The van der Waals surface area contributed by atoms with Gasteiger partial charge in [-0.1, -0.05) is 39.6 Å². The number of nitrogens with zero attached hydrogens (tertiary/aromatic N) is 1. The zero-order valence-corrected chi connectivity index (χ0v) is 21.4. The topological polar surface area (TPSA) is 105 Å². The normalized spacial score (nSPS) is 18.9. The molecule has 0 spiro atoms. The molecule has 2 unspecified atom stereocenters. The third kappa shape index (κ3) is 7.76. The Morgan fingerprint density at radius 2 is 1.54 bits per heavy atom. The van der Waals surface area contributed by atoms with Crippen LogP contribution < -0.4 is 10.0 Å². The summed E-state index contributed by atoms with van der Waals surface area (Å²) in [5.74, 6) is -13.7. The Labute approximate surface area is 205 Å². The van der Waals surface area contributed by atoms with Crippen molar-refractivity contribution in [1.29, 1.82) is 0 Å². The SMILES string of the molecule is CC(C)C(C(=O)C(F)(F)C(F)(F)F)N(C(=O)C1CNSC1)C(=O)[C@@H](NC(=O)OC(C)(C)C)C(C)C. The molecule has 0 aromatic carbocycles. The number of ether oxygens (including phenoxy) is 1. The Hall–Kier alpha value is -1.96. The fourth-order valence-electron chi connectivity index (χ4n) is 3.26. The number of carbonyl (C=O) groups is 4. The van der Waals surface area contributed by atoms with Crippen molar-refractivity contribution < 1.29 is 45.9 Å². The third-order valence-electron chi connectivity index (χ3n) is 4.99. The van der Waals surface area contributed by atoms with Crippen molar-refractivity contribution in [3.63, 3.8) is 0 Å². The second-order valence-corrected chi connectivity index (χ2v) is 10.8. The number of amides is 3. The molecule has 1 aliphatic rings. The molecule has 1 fully saturated rings. The van der Waals surface area contributed by atoms with Gasteiger partial charge in [0.25, 0.3) is 5.91 Å². The van der Waals surface area contributed by atoms with E-state index in [1.165, 1.54) is 13.8 Å². The Balaban J connectivity index is 3.55. The fourth-order valence-corrected chi connectivity index (χ4v) is 4.16. The minimum Gasteiger partial charge on any atom is -0.444 e. The average molecular weight is 534 g/mol. The molecule has 3 atom stereocenters. The van der Waals surface area contributed by atoms with E-state index < -0.39 is 71.2 Å². The summed E-state index contributed by atoms with van der Waals surface area (Å²) in [6.07, 6.45) is -7.30. The minimum absolute atomic E-state index is 0.00773. The highest BCUT2D eigenvalue weighted by molar-refractivity contribution is 7.97. The second kappa shape index (κ2) is 11.4. The van der Waals surface area contributed by atoms with Crippen LogP contribution in [0.2, 0.25) is 0 Å². The van der Waals surface area contributed by atoms with Crippen molar-refractivity contribution in [1.82, 2.24) is 14.9 Å². The summed E-state index contributed by atoms with van der Waals surface area (Å²) in [7, 11) is 0. The number of nitrogens with one attached hydrogen (secondary N) is 2. The Bertz CT molecular complexity index is 808. The molecule has 8 nitrogen and oxygen atoms in total. The molecule has 0 aromatic heterocycles. The summed E-state index contributed by atoms with van der Waals surface area (Å²) in [5, 5.41) is 2.25. The van der Waals surface area contributed by atoms with Crippen LogP contribution in [0.3, 0.4) is 0 Å². The van der Waals surface area contributed by atoms with Crippen LogP contribution >= 0.6 is 11.9 Å². The summed E-state index contributed by atoms with van der Waals surface area (Å²) >= 11 is 1.10. The van der Waals surface area contributed by atoms with Crippen LogP contribution in [0.15, 0.2) is 0 Å². The van der Waals surface area contributed by atoms with Crippen molar-refractivity contribution >= 4 is 35.6 Å². The number of hydrogen-bond acceptors (Lipinski definition) is 7. The molecule has 0 radical (unpaired) electrons. The number of alkyl halides is 5. The molecule has 2 N–H and O–H groups in total. The first-order valence-electron chi connectivity index (χ1n) is 10.9. The van der Waals surface area contributed by atoms with Gasteiger partial charge < -0.3 is 10.1 Å². The van der Waals surface area contributed by atoms with Gasteiger partial charge in [-0.2, -0.15) is 22.0 Å². The van der Waals surface area contributed by atoms with E-state index in [2.05, 4.69) is 10.0 Å². The quantitative estimate of drug-likeness (QED) is 0.363. The van der Waals surface area contributed by atoms with E-state index in [0.29, 0.717) is 0 Å². The summed E-state index contributed by atoms with van der Waals surface area (Å²) in [6.45, 7) is 9.88. The fraction of sp³-hybridized carbons (Fsp3) is 0.810. The first-order chi connectivity index (χ1) is 15.7. The first-order valence-corrected chi connectivity index (χ1v) is 11.9. The summed E-state index contributed by atoms with van der Waals surface area (Å²) < 4.78 is 75.3. The second-order valence-electron chi connectivity index (χ2n) is 9.90. The van der Waals surface area contributed by atoms with Gasteiger partial charge in [0.05, 0.1) is 5.92 Å². The molecule has 202 valence electrons. The van der Waals surface area contributed by atoms with Gasteiger partial charge in [-0.25, -0.2) is 4.79 Å². The Morgan fingerprint density at radius 3 is 1.91 bits per heavy atom. The number of ketones is 1. The van der Waals surface area contributed by atoms with E-state index in [-0.39, 0.29) is 17.2 Å². The van der Waals surface area contributed by atoms with E-state index in [9.17, 15) is 41.1 Å². The lowest BCUT2D eigenvalue weighted by molar-refractivity contribution is -0.271. The van der Waals surface area contributed by atoms with Crippen molar-refractivity contribution in [2.24, 2.45) is 17.8 Å². The number of Topliss-reactive ketones (excluding diaryl/α,β-unsaturated/α-hetero) is 1. The van der Waals surface area contributed by atoms with Gasteiger partial charge in [0, 0.05) is 12.3 Å². The number of hydrogen-bond donors (Lipinski definition) is 2. The summed E-state index contributed by atoms with van der Waals surface area (Å²) in [5.41, 5.74) is -0.970. The van der Waals surface area contributed by atoms with Crippen LogP contribution in [0, 0.1) is 17.8 Å². The number of alkyl carbamates (subject to hydrolysis) is 1. The average Bonchev–Trinajstić information content (AvgIpc) is 3.20. The van der Waals surface area contributed by atoms with Gasteiger partial charge >= 0.3 is 18.2 Å². The highest BCUT2D eigenvalue weighted by atomic mass is 32.2. The van der Waals surface area contributed by atoms with Crippen LogP contribution in [0.4, 0.5) is 26.7 Å². The van der Waals surface area contributed by atoms with Crippen molar-refractivity contribution in [2.45, 2.75) is 78.2 Å². The molecular weight excluding hydrogens is 501 g/mol. The van der Waals surface area contributed by atoms with Crippen molar-refractivity contribution in [2.75, 3.05) is 12.3 Å². The van der Waals surface area contributed by atoms with Crippen LogP contribution in [0.5, 0.6) is 0 Å².